The summed E-state index contributed by atoms with van der Waals surface area (Å²) < 4.78 is 0. The van der Waals surface area contributed by atoms with Gasteiger partial charge in [-0.05, 0) is 44.2 Å². The number of nitrogens with one attached hydrogen (secondary N) is 1. The first-order valence-corrected chi connectivity index (χ1v) is 7.44. The molecule has 0 aromatic heterocycles. The van der Waals surface area contributed by atoms with Crippen LogP contribution < -0.4 is 10.2 Å². The molecule has 1 aromatic rings. The lowest BCUT2D eigenvalue weighted by molar-refractivity contribution is 0.683. The van der Waals surface area contributed by atoms with E-state index in [9.17, 15) is 0 Å². The predicted octanol–water partition coefficient (Wildman–Crippen LogP) is 3.58. The van der Waals surface area contributed by atoms with E-state index in [1.54, 1.807) is 0 Å². The molecule has 0 spiro atoms. The van der Waals surface area contributed by atoms with Gasteiger partial charge >= 0.3 is 0 Å². The summed E-state index contributed by atoms with van der Waals surface area (Å²) in [5, 5.41) is 4.50. The second-order valence-electron chi connectivity index (χ2n) is 5.42. The van der Waals surface area contributed by atoms with Gasteiger partial charge in [-0.15, -0.1) is 0 Å². The highest BCUT2D eigenvalue weighted by atomic mass is 35.5. The average molecular weight is 265 g/mol. The number of hydrogen-bond donors (Lipinski definition) is 1. The van der Waals surface area contributed by atoms with Gasteiger partial charge in [-0.25, -0.2) is 0 Å². The molecule has 0 unspecified atom stereocenters. The van der Waals surface area contributed by atoms with Gasteiger partial charge in [0.2, 0.25) is 0 Å². The molecule has 1 N–H and O–H groups in total. The normalized spacial score (nSPS) is 19.0. The van der Waals surface area contributed by atoms with Crippen LogP contribution in [0.3, 0.4) is 0 Å². The molecule has 0 atom stereocenters. The molecule has 3 heteroatoms. The fraction of sp³-hybridized carbons (Fsp3) is 0.600. The maximum absolute atomic E-state index is 6.44. The standard InChI is InChI=1S/C15H21ClN2/c1-2-18(13-8-9-13)15-11(4-3-5-14(15)16)10-17-12-6-7-12/h3-5,12-13,17H,2,6-10H2,1H3. The molecule has 2 aliphatic rings. The number of halogens is 1. The SMILES string of the molecule is CCN(c1c(Cl)cccc1CNC1CC1)C1CC1. The maximum atomic E-state index is 6.44. The second kappa shape index (κ2) is 5.10. The van der Waals surface area contributed by atoms with Crippen LogP contribution in [0.25, 0.3) is 0 Å². The Morgan fingerprint density at radius 3 is 2.67 bits per heavy atom. The minimum Gasteiger partial charge on any atom is -0.367 e. The van der Waals surface area contributed by atoms with Crippen molar-refractivity contribution in [1.29, 1.82) is 0 Å². The molecule has 0 radical (unpaired) electrons. The lowest BCUT2D eigenvalue weighted by Crippen LogP contribution is -2.28. The molecule has 2 aliphatic carbocycles. The zero-order valence-corrected chi connectivity index (χ0v) is 11.7. The summed E-state index contributed by atoms with van der Waals surface area (Å²) in [6, 6.07) is 7.75. The fourth-order valence-corrected chi connectivity index (χ4v) is 2.85. The number of anilines is 1. The summed E-state index contributed by atoms with van der Waals surface area (Å²) in [6.45, 7) is 4.22. The molecule has 3 rings (SSSR count). The van der Waals surface area contributed by atoms with E-state index < -0.39 is 0 Å². The third kappa shape index (κ3) is 2.65. The maximum Gasteiger partial charge on any atom is 0.0643 e. The van der Waals surface area contributed by atoms with Crippen LogP contribution in [0, 0.1) is 0 Å². The fourth-order valence-electron chi connectivity index (χ4n) is 2.55. The van der Waals surface area contributed by atoms with Crippen LogP contribution in [0.15, 0.2) is 18.2 Å². The molecule has 0 aliphatic heterocycles. The van der Waals surface area contributed by atoms with Gasteiger partial charge in [-0.1, -0.05) is 23.7 Å². The third-order valence-electron chi connectivity index (χ3n) is 3.84. The highest BCUT2D eigenvalue weighted by Crippen LogP contribution is 2.38. The molecule has 2 saturated carbocycles. The van der Waals surface area contributed by atoms with Crippen LogP contribution in [0.1, 0.15) is 38.2 Å². The largest absolute Gasteiger partial charge is 0.367 e. The van der Waals surface area contributed by atoms with Gasteiger partial charge in [-0.3, -0.25) is 0 Å². The van der Waals surface area contributed by atoms with Crippen LogP contribution in [0.4, 0.5) is 5.69 Å². The molecule has 0 heterocycles. The topological polar surface area (TPSA) is 15.3 Å². The van der Waals surface area contributed by atoms with E-state index in [-0.39, 0.29) is 0 Å². The Morgan fingerprint density at radius 2 is 2.06 bits per heavy atom. The summed E-state index contributed by atoms with van der Waals surface area (Å²) in [5.74, 6) is 0. The molecule has 1 aromatic carbocycles. The van der Waals surface area contributed by atoms with Crippen molar-refractivity contribution in [2.45, 2.75) is 51.2 Å². The van der Waals surface area contributed by atoms with Gasteiger partial charge in [0.15, 0.2) is 0 Å². The zero-order valence-electron chi connectivity index (χ0n) is 11.0. The monoisotopic (exact) mass is 264 g/mol. The zero-order chi connectivity index (χ0) is 12.5. The van der Waals surface area contributed by atoms with E-state index >= 15 is 0 Å². The van der Waals surface area contributed by atoms with Crippen LogP contribution >= 0.6 is 11.6 Å². The minimum atomic E-state index is 0.717. The van der Waals surface area contributed by atoms with Crippen LogP contribution in [-0.2, 0) is 6.54 Å². The molecule has 0 saturated heterocycles. The number of para-hydroxylation sites is 1. The number of nitrogens with zero attached hydrogens (tertiary/aromatic N) is 1. The summed E-state index contributed by atoms with van der Waals surface area (Å²) in [7, 11) is 0. The lowest BCUT2D eigenvalue weighted by Gasteiger charge is -2.27. The molecule has 18 heavy (non-hydrogen) atoms. The summed E-state index contributed by atoms with van der Waals surface area (Å²) in [6.07, 6.45) is 5.29. The number of hydrogen-bond acceptors (Lipinski definition) is 2. The third-order valence-corrected chi connectivity index (χ3v) is 4.15. The van der Waals surface area contributed by atoms with Gasteiger partial charge in [-0.2, -0.15) is 0 Å². The quantitative estimate of drug-likeness (QED) is 0.845. The Balaban J connectivity index is 1.83. The first kappa shape index (κ1) is 12.3. The lowest BCUT2D eigenvalue weighted by atomic mass is 10.1. The van der Waals surface area contributed by atoms with Crippen molar-refractivity contribution in [3.05, 3.63) is 28.8 Å². The van der Waals surface area contributed by atoms with E-state index in [0.717, 1.165) is 30.2 Å². The Hall–Kier alpha value is -0.730. The van der Waals surface area contributed by atoms with Crippen molar-refractivity contribution < 1.29 is 0 Å². The minimum absolute atomic E-state index is 0.717. The molecule has 98 valence electrons. The number of rotatable bonds is 6. The summed E-state index contributed by atoms with van der Waals surface area (Å²) in [4.78, 5) is 2.48. The van der Waals surface area contributed by atoms with Crippen LogP contribution in [0.2, 0.25) is 5.02 Å². The first-order chi connectivity index (χ1) is 8.79. The molecule has 0 bridgehead atoms. The average Bonchev–Trinajstić information content (AvgIpc) is 3.24. The Labute approximate surface area is 114 Å². The van der Waals surface area contributed by atoms with Crippen LogP contribution in [-0.4, -0.2) is 18.6 Å². The van der Waals surface area contributed by atoms with E-state index in [4.69, 9.17) is 11.6 Å². The highest BCUT2D eigenvalue weighted by molar-refractivity contribution is 6.33. The molecule has 0 amide bonds. The summed E-state index contributed by atoms with van der Waals surface area (Å²) >= 11 is 6.44. The van der Waals surface area contributed by atoms with Crippen molar-refractivity contribution in [2.24, 2.45) is 0 Å². The van der Waals surface area contributed by atoms with Gasteiger partial charge in [0, 0.05) is 25.2 Å². The van der Waals surface area contributed by atoms with Crippen molar-refractivity contribution in [1.82, 2.24) is 5.32 Å². The van der Waals surface area contributed by atoms with E-state index in [2.05, 4.69) is 29.3 Å². The van der Waals surface area contributed by atoms with E-state index in [1.807, 2.05) is 6.07 Å². The summed E-state index contributed by atoms with van der Waals surface area (Å²) in [5.41, 5.74) is 2.61. The Bertz CT molecular complexity index is 425. The molecule has 2 fully saturated rings. The van der Waals surface area contributed by atoms with E-state index in [0.29, 0.717) is 0 Å². The van der Waals surface area contributed by atoms with Gasteiger partial charge in [0.25, 0.3) is 0 Å². The van der Waals surface area contributed by atoms with Gasteiger partial charge < -0.3 is 10.2 Å². The molecular weight excluding hydrogens is 244 g/mol. The van der Waals surface area contributed by atoms with Crippen LogP contribution in [0.5, 0.6) is 0 Å². The highest BCUT2D eigenvalue weighted by Gasteiger charge is 2.30. The predicted molar refractivity (Wildman–Crippen MR) is 77.4 cm³/mol. The first-order valence-electron chi connectivity index (χ1n) is 7.07. The van der Waals surface area contributed by atoms with Crippen molar-refractivity contribution in [3.8, 4) is 0 Å². The molecular formula is C15H21ClN2. The second-order valence-corrected chi connectivity index (χ2v) is 5.83. The Kier molecular flexibility index (Phi) is 3.49. The van der Waals surface area contributed by atoms with Gasteiger partial charge in [0.1, 0.15) is 0 Å². The van der Waals surface area contributed by atoms with Gasteiger partial charge in [0.05, 0.1) is 10.7 Å². The van der Waals surface area contributed by atoms with Crippen molar-refractivity contribution in [2.75, 3.05) is 11.4 Å². The Morgan fingerprint density at radius 1 is 1.28 bits per heavy atom. The smallest absolute Gasteiger partial charge is 0.0643 e. The van der Waals surface area contributed by atoms with Crippen molar-refractivity contribution in [3.63, 3.8) is 0 Å². The van der Waals surface area contributed by atoms with Crippen molar-refractivity contribution >= 4 is 17.3 Å². The molecule has 2 nitrogen and oxygen atoms in total. The van der Waals surface area contributed by atoms with E-state index in [1.165, 1.54) is 36.9 Å². The number of benzene rings is 1.